The lowest BCUT2D eigenvalue weighted by atomic mass is 10.2. The Hall–Kier alpha value is -0.473. The lowest BCUT2D eigenvalue weighted by Gasteiger charge is -2.37. The summed E-state index contributed by atoms with van der Waals surface area (Å²) in [5.41, 5.74) is -0.517. The summed E-state index contributed by atoms with van der Waals surface area (Å²) in [7, 11) is -0.305. The van der Waals surface area contributed by atoms with Gasteiger partial charge < -0.3 is 23.4 Å². The third kappa shape index (κ3) is 11.7. The first kappa shape index (κ1) is 24.5. The molecule has 0 saturated heterocycles. The van der Waals surface area contributed by atoms with E-state index in [-0.39, 0.29) is 24.2 Å². The van der Waals surface area contributed by atoms with Gasteiger partial charge in [-0.1, -0.05) is 20.8 Å². The smallest absolute Gasteiger partial charge is 0.309 e. The van der Waals surface area contributed by atoms with Crippen molar-refractivity contribution in [1.82, 2.24) is 0 Å². The van der Waals surface area contributed by atoms with E-state index < -0.39 is 20.0 Å². The summed E-state index contributed by atoms with van der Waals surface area (Å²) < 4.78 is 27.5. The van der Waals surface area contributed by atoms with E-state index in [1.807, 2.05) is 20.8 Å². The van der Waals surface area contributed by atoms with E-state index >= 15 is 0 Å². The van der Waals surface area contributed by atoms with E-state index in [9.17, 15) is 4.79 Å². The molecule has 1 atom stereocenters. The first-order chi connectivity index (χ1) is 11.3. The average Bonchev–Trinajstić information content (AvgIpc) is 2.41. The first-order valence-corrected chi connectivity index (χ1v) is 11.7. The van der Waals surface area contributed by atoms with Gasteiger partial charge in [0.25, 0.3) is 0 Å². The fourth-order valence-corrected chi connectivity index (χ4v) is 2.63. The van der Waals surface area contributed by atoms with Crippen molar-refractivity contribution in [2.24, 2.45) is 0 Å². The Morgan fingerprint density at radius 1 is 1.04 bits per heavy atom. The van der Waals surface area contributed by atoms with Crippen LogP contribution in [-0.4, -0.2) is 59.7 Å². The van der Waals surface area contributed by atoms with Crippen LogP contribution in [0.4, 0.5) is 0 Å². The van der Waals surface area contributed by atoms with Gasteiger partial charge in [-0.15, -0.1) is 0 Å². The van der Waals surface area contributed by atoms with Crippen molar-refractivity contribution < 1.29 is 28.2 Å². The minimum absolute atomic E-state index is 0.0949. The van der Waals surface area contributed by atoms with Crippen molar-refractivity contribution in [1.29, 1.82) is 0 Å². The van der Waals surface area contributed by atoms with Gasteiger partial charge in [-0.05, 0) is 38.9 Å². The highest BCUT2D eigenvalue weighted by molar-refractivity contribution is 6.74. The quantitative estimate of drug-likeness (QED) is 0.236. The van der Waals surface area contributed by atoms with Gasteiger partial charge in [0, 0.05) is 7.11 Å². The number of esters is 1. The average molecular weight is 379 g/mol. The second kappa shape index (κ2) is 10.6. The van der Waals surface area contributed by atoms with Crippen LogP contribution in [-0.2, 0) is 28.2 Å². The summed E-state index contributed by atoms with van der Waals surface area (Å²) in [6.45, 7) is 17.8. The van der Waals surface area contributed by atoms with Gasteiger partial charge in [0.1, 0.15) is 12.4 Å². The molecule has 0 heterocycles. The van der Waals surface area contributed by atoms with Gasteiger partial charge in [0.2, 0.25) is 0 Å². The van der Waals surface area contributed by atoms with Crippen molar-refractivity contribution in [2.45, 2.75) is 77.8 Å². The number of methoxy groups -OCH3 is 1. The van der Waals surface area contributed by atoms with Crippen LogP contribution < -0.4 is 0 Å². The van der Waals surface area contributed by atoms with Crippen molar-refractivity contribution in [3.8, 4) is 0 Å². The highest BCUT2D eigenvalue weighted by Crippen LogP contribution is 2.36. The fraction of sp³-hybridized carbons (Fsp3) is 0.944. The largest absolute Gasteiger partial charge is 0.460 e. The molecule has 0 aliphatic carbocycles. The lowest BCUT2D eigenvalue weighted by Crippen LogP contribution is -2.43. The van der Waals surface area contributed by atoms with E-state index in [1.165, 1.54) is 0 Å². The van der Waals surface area contributed by atoms with Crippen LogP contribution >= 0.6 is 0 Å². The molecule has 0 unspecified atom stereocenters. The number of hydrogen-bond donors (Lipinski definition) is 0. The van der Waals surface area contributed by atoms with E-state index in [4.69, 9.17) is 23.4 Å². The number of carbonyl (C=O) groups is 1. The Kier molecular flexibility index (Phi) is 10.4. The highest BCUT2D eigenvalue weighted by Gasteiger charge is 2.38. The Labute approximate surface area is 154 Å². The SMILES string of the molecule is COCCOCO[C@H](CO[Si](C)(C)C(C)(C)C)CC(=O)OC(C)(C)C. The molecule has 0 N–H and O–H groups in total. The van der Waals surface area contributed by atoms with Crippen molar-refractivity contribution in [2.75, 3.05) is 33.7 Å². The predicted octanol–water partition coefficient (Wildman–Crippen LogP) is 3.75. The standard InChI is InChI=1S/C18H38O6Si/c1-17(2,3)24-16(19)12-15(22-14-21-11-10-20-7)13-23-25(8,9)18(4,5)6/h15H,10-14H2,1-9H3/t15-/m0/s1. The molecular formula is C18H38O6Si. The zero-order chi connectivity index (χ0) is 19.7. The minimum Gasteiger partial charge on any atom is -0.460 e. The molecule has 0 amide bonds. The molecule has 0 saturated carbocycles. The summed E-state index contributed by atoms with van der Waals surface area (Å²) in [6.07, 6.45) is -0.258. The topological polar surface area (TPSA) is 63.2 Å². The molecule has 25 heavy (non-hydrogen) atoms. The van der Waals surface area contributed by atoms with Crippen LogP contribution in [0.3, 0.4) is 0 Å². The first-order valence-electron chi connectivity index (χ1n) is 8.82. The summed E-state index contributed by atoms with van der Waals surface area (Å²) >= 11 is 0. The van der Waals surface area contributed by atoms with Crippen LogP contribution in [0.2, 0.25) is 18.1 Å². The number of hydrogen-bond acceptors (Lipinski definition) is 6. The highest BCUT2D eigenvalue weighted by atomic mass is 28.4. The van der Waals surface area contributed by atoms with Gasteiger partial charge in [-0.25, -0.2) is 0 Å². The zero-order valence-corrected chi connectivity index (χ0v) is 18.6. The van der Waals surface area contributed by atoms with Crippen LogP contribution in [0.1, 0.15) is 48.0 Å². The van der Waals surface area contributed by atoms with E-state index in [1.54, 1.807) is 7.11 Å². The van der Waals surface area contributed by atoms with Crippen LogP contribution in [0.25, 0.3) is 0 Å². The number of ether oxygens (including phenoxy) is 4. The molecule has 0 fully saturated rings. The molecule has 0 rings (SSSR count). The lowest BCUT2D eigenvalue weighted by molar-refractivity contribution is -0.163. The van der Waals surface area contributed by atoms with Gasteiger partial charge in [-0.3, -0.25) is 4.79 Å². The van der Waals surface area contributed by atoms with E-state index in [2.05, 4.69) is 33.9 Å². The minimum atomic E-state index is -1.92. The molecule has 6 nitrogen and oxygen atoms in total. The Morgan fingerprint density at radius 3 is 2.12 bits per heavy atom. The summed E-state index contributed by atoms with van der Waals surface area (Å²) in [5.74, 6) is -0.298. The molecule has 0 bridgehead atoms. The Balaban J connectivity index is 4.64. The summed E-state index contributed by atoms with van der Waals surface area (Å²) in [6, 6.07) is 0. The third-order valence-electron chi connectivity index (χ3n) is 4.07. The van der Waals surface area contributed by atoms with E-state index in [0.29, 0.717) is 19.8 Å². The summed E-state index contributed by atoms with van der Waals surface area (Å²) in [5, 5.41) is 0.0957. The van der Waals surface area contributed by atoms with Crippen molar-refractivity contribution in [3.05, 3.63) is 0 Å². The second-order valence-electron chi connectivity index (χ2n) is 8.67. The predicted molar refractivity (Wildman–Crippen MR) is 101 cm³/mol. The maximum Gasteiger partial charge on any atom is 0.309 e. The van der Waals surface area contributed by atoms with Crippen LogP contribution in [0.5, 0.6) is 0 Å². The zero-order valence-electron chi connectivity index (χ0n) is 17.6. The van der Waals surface area contributed by atoms with Crippen LogP contribution in [0.15, 0.2) is 0 Å². The van der Waals surface area contributed by atoms with Crippen molar-refractivity contribution in [3.63, 3.8) is 0 Å². The molecule has 0 aliphatic rings. The second-order valence-corrected chi connectivity index (χ2v) is 13.5. The summed E-state index contributed by atoms with van der Waals surface area (Å²) in [4.78, 5) is 12.1. The Bertz CT molecular complexity index is 384. The monoisotopic (exact) mass is 378 g/mol. The molecular weight excluding hydrogens is 340 g/mol. The molecule has 7 heteroatoms. The van der Waals surface area contributed by atoms with Crippen LogP contribution in [0, 0.1) is 0 Å². The van der Waals surface area contributed by atoms with Gasteiger partial charge in [0.15, 0.2) is 8.32 Å². The molecule has 0 aromatic rings. The number of carbonyl (C=O) groups excluding carboxylic acids is 1. The molecule has 0 radical (unpaired) electrons. The third-order valence-corrected chi connectivity index (χ3v) is 8.57. The maximum atomic E-state index is 12.1. The normalized spacial score (nSPS) is 14.4. The van der Waals surface area contributed by atoms with Gasteiger partial charge >= 0.3 is 5.97 Å². The van der Waals surface area contributed by atoms with E-state index in [0.717, 1.165) is 0 Å². The molecule has 0 aromatic heterocycles. The molecule has 0 aliphatic heterocycles. The Morgan fingerprint density at radius 2 is 1.64 bits per heavy atom. The van der Waals surface area contributed by atoms with Crippen molar-refractivity contribution >= 4 is 14.3 Å². The van der Waals surface area contributed by atoms with Gasteiger partial charge in [-0.2, -0.15) is 0 Å². The molecule has 150 valence electrons. The maximum absolute atomic E-state index is 12.1. The number of rotatable bonds is 11. The molecule has 0 aromatic carbocycles. The van der Waals surface area contributed by atoms with Gasteiger partial charge in [0.05, 0.1) is 32.3 Å². The molecule has 0 spiro atoms. The fourth-order valence-electron chi connectivity index (χ4n) is 1.60.